The van der Waals surface area contributed by atoms with Gasteiger partial charge in [-0.3, -0.25) is 9.69 Å². The molecule has 0 aliphatic heterocycles. The second kappa shape index (κ2) is 5.11. The van der Waals surface area contributed by atoms with E-state index in [0.717, 1.165) is 0 Å². The lowest BCUT2D eigenvalue weighted by Crippen LogP contribution is -2.46. The molecule has 2 N–H and O–H groups in total. The minimum atomic E-state index is -0.296. The first kappa shape index (κ1) is 11.4. The first-order valence-corrected chi connectivity index (χ1v) is 4.05. The zero-order valence-electron chi connectivity index (χ0n) is 8.16. The second-order valence-electron chi connectivity index (χ2n) is 3.35. The Morgan fingerprint density at radius 1 is 1.50 bits per heavy atom. The first-order valence-electron chi connectivity index (χ1n) is 4.05. The molecule has 1 atom stereocenters. The zero-order chi connectivity index (χ0) is 9.72. The summed E-state index contributed by atoms with van der Waals surface area (Å²) < 4.78 is 0. The predicted molar refractivity (Wildman–Crippen MR) is 47.5 cm³/mol. The average molecular weight is 174 g/mol. The van der Waals surface area contributed by atoms with Crippen LogP contribution < -0.4 is 5.32 Å². The van der Waals surface area contributed by atoms with E-state index in [2.05, 4.69) is 5.32 Å². The van der Waals surface area contributed by atoms with Crippen LogP contribution in [0.5, 0.6) is 0 Å². The molecule has 0 aromatic rings. The molecule has 0 rings (SSSR count). The number of hydrogen-bond donors (Lipinski definition) is 2. The van der Waals surface area contributed by atoms with Crippen LogP contribution in [0.25, 0.3) is 0 Å². The number of amides is 1. The van der Waals surface area contributed by atoms with Gasteiger partial charge in [0, 0.05) is 0 Å². The maximum Gasteiger partial charge on any atom is 0.239 e. The van der Waals surface area contributed by atoms with E-state index in [-0.39, 0.29) is 24.6 Å². The number of likely N-dealkylation sites (N-methyl/N-ethyl adjacent to an activating group) is 1. The van der Waals surface area contributed by atoms with E-state index in [4.69, 9.17) is 5.11 Å². The Morgan fingerprint density at radius 2 is 2.00 bits per heavy atom. The number of nitrogens with one attached hydrogen (secondary N) is 1. The van der Waals surface area contributed by atoms with Gasteiger partial charge >= 0.3 is 0 Å². The van der Waals surface area contributed by atoms with Crippen LogP contribution >= 0.6 is 0 Å². The Hall–Kier alpha value is -0.610. The smallest absolute Gasteiger partial charge is 0.239 e. The lowest BCUT2D eigenvalue weighted by Gasteiger charge is -2.26. The molecule has 0 aromatic carbocycles. The molecule has 0 unspecified atom stereocenters. The summed E-state index contributed by atoms with van der Waals surface area (Å²) in [4.78, 5) is 13.2. The van der Waals surface area contributed by atoms with Crippen molar-refractivity contribution >= 4 is 5.91 Å². The van der Waals surface area contributed by atoms with Crippen molar-refractivity contribution in [3.8, 4) is 0 Å². The van der Waals surface area contributed by atoms with Gasteiger partial charge in [0.15, 0.2) is 0 Å². The van der Waals surface area contributed by atoms with E-state index in [1.54, 1.807) is 0 Å². The molecule has 0 saturated heterocycles. The SMILES string of the molecule is CC(C)[C@@H](C(=O)NCO)N(C)C. The zero-order valence-corrected chi connectivity index (χ0v) is 8.16. The topological polar surface area (TPSA) is 52.6 Å². The van der Waals surface area contributed by atoms with Gasteiger partial charge in [0.25, 0.3) is 0 Å². The van der Waals surface area contributed by atoms with Gasteiger partial charge in [-0.25, -0.2) is 0 Å². The van der Waals surface area contributed by atoms with Gasteiger partial charge < -0.3 is 10.4 Å². The lowest BCUT2D eigenvalue weighted by atomic mass is 10.0. The number of carbonyl (C=O) groups excluding carboxylic acids is 1. The highest BCUT2D eigenvalue weighted by Gasteiger charge is 2.23. The monoisotopic (exact) mass is 174 g/mol. The number of aliphatic hydroxyl groups excluding tert-OH is 1. The number of aliphatic hydroxyl groups is 1. The second-order valence-corrected chi connectivity index (χ2v) is 3.35. The van der Waals surface area contributed by atoms with E-state index in [1.165, 1.54) is 0 Å². The van der Waals surface area contributed by atoms with Crippen molar-refractivity contribution in [2.24, 2.45) is 5.92 Å². The Balaban J connectivity index is 4.20. The van der Waals surface area contributed by atoms with E-state index in [9.17, 15) is 4.79 Å². The Labute approximate surface area is 73.6 Å². The molecule has 0 bridgehead atoms. The Morgan fingerprint density at radius 3 is 2.25 bits per heavy atom. The van der Waals surface area contributed by atoms with Crippen molar-refractivity contribution in [1.29, 1.82) is 0 Å². The van der Waals surface area contributed by atoms with Gasteiger partial charge in [-0.15, -0.1) is 0 Å². The third-order valence-electron chi connectivity index (χ3n) is 1.71. The van der Waals surface area contributed by atoms with Crippen LogP contribution in [-0.2, 0) is 4.79 Å². The minimum Gasteiger partial charge on any atom is -0.376 e. The van der Waals surface area contributed by atoms with Crippen molar-refractivity contribution in [2.75, 3.05) is 20.8 Å². The predicted octanol–water partition coefficient (Wildman–Crippen LogP) is -0.361. The molecule has 0 saturated carbocycles. The van der Waals surface area contributed by atoms with Crippen molar-refractivity contribution in [2.45, 2.75) is 19.9 Å². The van der Waals surface area contributed by atoms with Gasteiger partial charge in [0.2, 0.25) is 5.91 Å². The van der Waals surface area contributed by atoms with Gasteiger partial charge in [-0.05, 0) is 20.0 Å². The fraction of sp³-hybridized carbons (Fsp3) is 0.875. The van der Waals surface area contributed by atoms with E-state index >= 15 is 0 Å². The third-order valence-corrected chi connectivity index (χ3v) is 1.71. The highest BCUT2D eigenvalue weighted by Crippen LogP contribution is 2.06. The minimum absolute atomic E-state index is 0.127. The highest BCUT2D eigenvalue weighted by atomic mass is 16.3. The number of rotatable bonds is 4. The maximum absolute atomic E-state index is 11.3. The quantitative estimate of drug-likeness (QED) is 0.572. The summed E-state index contributed by atoms with van der Waals surface area (Å²) >= 11 is 0. The van der Waals surface area contributed by atoms with Gasteiger partial charge in [-0.2, -0.15) is 0 Å². The normalized spacial score (nSPS) is 13.6. The molecule has 0 aromatic heterocycles. The van der Waals surface area contributed by atoms with Crippen molar-refractivity contribution in [1.82, 2.24) is 10.2 Å². The van der Waals surface area contributed by atoms with Crippen LogP contribution in [0.4, 0.5) is 0 Å². The first-order chi connectivity index (χ1) is 5.50. The lowest BCUT2D eigenvalue weighted by molar-refractivity contribution is -0.128. The van der Waals surface area contributed by atoms with Gasteiger partial charge in [0.1, 0.15) is 6.73 Å². The summed E-state index contributed by atoms with van der Waals surface area (Å²) in [6.07, 6.45) is 0. The van der Waals surface area contributed by atoms with Crippen LogP contribution in [0.15, 0.2) is 0 Å². The molecule has 4 heteroatoms. The van der Waals surface area contributed by atoms with Crippen LogP contribution in [0.2, 0.25) is 0 Å². The summed E-state index contributed by atoms with van der Waals surface area (Å²) in [7, 11) is 3.70. The largest absolute Gasteiger partial charge is 0.376 e. The van der Waals surface area contributed by atoms with Crippen molar-refractivity contribution in [3.63, 3.8) is 0 Å². The molecule has 0 heterocycles. The number of carbonyl (C=O) groups is 1. The van der Waals surface area contributed by atoms with Gasteiger partial charge in [-0.1, -0.05) is 13.8 Å². The van der Waals surface area contributed by atoms with Crippen molar-refractivity contribution < 1.29 is 9.90 Å². The van der Waals surface area contributed by atoms with Crippen LogP contribution in [0.3, 0.4) is 0 Å². The van der Waals surface area contributed by atoms with E-state index < -0.39 is 0 Å². The molecule has 0 fully saturated rings. The average Bonchev–Trinajstić information content (AvgIpc) is 1.85. The van der Waals surface area contributed by atoms with Crippen LogP contribution in [0, 0.1) is 5.92 Å². The van der Waals surface area contributed by atoms with Crippen LogP contribution in [0.1, 0.15) is 13.8 Å². The number of nitrogens with zero attached hydrogens (tertiary/aromatic N) is 1. The summed E-state index contributed by atoms with van der Waals surface area (Å²) in [6, 6.07) is -0.169. The molecular formula is C8H18N2O2. The van der Waals surface area contributed by atoms with E-state index in [0.29, 0.717) is 0 Å². The van der Waals surface area contributed by atoms with E-state index in [1.807, 2.05) is 32.8 Å². The molecule has 0 aliphatic carbocycles. The standard InChI is InChI=1S/C8H18N2O2/c1-6(2)7(10(3)4)8(12)9-5-11/h6-7,11H,5H2,1-4H3,(H,9,12)/t7-/m0/s1. The highest BCUT2D eigenvalue weighted by molar-refractivity contribution is 5.81. The maximum atomic E-state index is 11.3. The molecule has 12 heavy (non-hydrogen) atoms. The third kappa shape index (κ3) is 3.19. The molecule has 0 radical (unpaired) electrons. The molecule has 1 amide bonds. The molecular weight excluding hydrogens is 156 g/mol. The van der Waals surface area contributed by atoms with Gasteiger partial charge in [0.05, 0.1) is 6.04 Å². The molecule has 4 nitrogen and oxygen atoms in total. The molecule has 72 valence electrons. The Kier molecular flexibility index (Phi) is 4.85. The summed E-state index contributed by atoms with van der Waals surface area (Å²) in [5.74, 6) is 0.115. The summed E-state index contributed by atoms with van der Waals surface area (Å²) in [5, 5.41) is 10.9. The number of hydrogen-bond acceptors (Lipinski definition) is 3. The van der Waals surface area contributed by atoms with Crippen LogP contribution in [-0.4, -0.2) is 42.8 Å². The molecule has 0 aliphatic rings. The van der Waals surface area contributed by atoms with Crippen molar-refractivity contribution in [3.05, 3.63) is 0 Å². The summed E-state index contributed by atoms with van der Waals surface area (Å²) in [6.45, 7) is 3.65. The Bertz CT molecular complexity index is 138. The fourth-order valence-electron chi connectivity index (χ4n) is 1.32. The summed E-state index contributed by atoms with van der Waals surface area (Å²) in [5.41, 5.74) is 0. The molecule has 0 spiro atoms. The fourth-order valence-corrected chi connectivity index (χ4v) is 1.32.